The Bertz CT molecular complexity index is 1320. The molecule has 2 aromatic heterocycles. The Balaban J connectivity index is 1.48. The van der Waals surface area contributed by atoms with Crippen molar-refractivity contribution in [3.05, 3.63) is 84.9 Å². The van der Waals surface area contributed by atoms with Crippen molar-refractivity contribution in [3.8, 4) is 5.82 Å². The number of anilines is 3. The maximum absolute atomic E-state index is 12.6. The number of carbonyl (C=O) groups is 1. The highest BCUT2D eigenvalue weighted by molar-refractivity contribution is 7.92. The van der Waals surface area contributed by atoms with Crippen LogP contribution < -0.4 is 10.0 Å². The third kappa shape index (κ3) is 4.75. The van der Waals surface area contributed by atoms with Gasteiger partial charge in [0.25, 0.3) is 10.0 Å². The van der Waals surface area contributed by atoms with Gasteiger partial charge in [-0.15, -0.1) is 0 Å². The first-order valence-corrected chi connectivity index (χ1v) is 10.7. The minimum Gasteiger partial charge on any atom is -0.340 e. The van der Waals surface area contributed by atoms with E-state index in [0.29, 0.717) is 28.6 Å². The molecule has 0 unspecified atom stereocenters. The van der Waals surface area contributed by atoms with Crippen molar-refractivity contribution in [2.24, 2.45) is 0 Å². The fraction of sp³-hybridized carbons (Fsp3) is 0.0476. The van der Waals surface area contributed by atoms with E-state index in [1.54, 1.807) is 59.5 Å². The van der Waals surface area contributed by atoms with Crippen LogP contribution in [0.2, 0.25) is 0 Å². The van der Waals surface area contributed by atoms with Crippen LogP contribution in [0.4, 0.5) is 17.2 Å². The van der Waals surface area contributed by atoms with E-state index in [9.17, 15) is 13.2 Å². The molecule has 2 aromatic carbocycles. The highest BCUT2D eigenvalue weighted by Gasteiger charge is 2.15. The van der Waals surface area contributed by atoms with Crippen molar-refractivity contribution in [1.29, 1.82) is 0 Å². The summed E-state index contributed by atoms with van der Waals surface area (Å²) < 4.78 is 29.4. The summed E-state index contributed by atoms with van der Waals surface area (Å²) in [6.07, 6.45) is 4.86. The van der Waals surface area contributed by atoms with Gasteiger partial charge in [-0.3, -0.25) is 9.52 Å². The van der Waals surface area contributed by atoms with Gasteiger partial charge in [0.1, 0.15) is 12.1 Å². The Labute approximate surface area is 178 Å². The first-order valence-electron chi connectivity index (χ1n) is 9.24. The molecule has 0 aliphatic carbocycles. The Morgan fingerprint density at radius 3 is 2.45 bits per heavy atom. The molecule has 0 saturated carbocycles. The summed E-state index contributed by atoms with van der Waals surface area (Å²) in [6, 6.07) is 16.2. The van der Waals surface area contributed by atoms with Gasteiger partial charge in [0.15, 0.2) is 11.6 Å². The highest BCUT2D eigenvalue weighted by atomic mass is 32.2. The number of hydrogen-bond donors (Lipinski definition) is 2. The lowest BCUT2D eigenvalue weighted by Crippen LogP contribution is -2.13. The maximum Gasteiger partial charge on any atom is 0.261 e. The van der Waals surface area contributed by atoms with Crippen LogP contribution in [0.5, 0.6) is 0 Å². The van der Waals surface area contributed by atoms with E-state index in [1.807, 2.05) is 0 Å². The standard InChI is InChI=1S/C21H18N6O3S/c1-15(28)16-4-2-5-19(12-16)31(29,30)26-18-8-6-17(7-9-18)25-20-13-21(23-14-22-20)27-11-3-10-24-27/h2-14,26H,1H3,(H,22,23,25). The van der Waals surface area contributed by atoms with Crippen molar-refractivity contribution in [1.82, 2.24) is 19.7 Å². The Morgan fingerprint density at radius 2 is 1.74 bits per heavy atom. The van der Waals surface area contributed by atoms with E-state index in [0.717, 1.165) is 0 Å². The Kier molecular flexibility index (Phi) is 5.46. The van der Waals surface area contributed by atoms with Gasteiger partial charge in [0, 0.05) is 35.4 Å². The van der Waals surface area contributed by atoms with E-state index in [4.69, 9.17) is 0 Å². The molecule has 0 spiro atoms. The summed E-state index contributed by atoms with van der Waals surface area (Å²) in [7, 11) is -3.82. The van der Waals surface area contributed by atoms with Crippen molar-refractivity contribution in [3.63, 3.8) is 0 Å². The molecule has 0 bridgehead atoms. The van der Waals surface area contributed by atoms with E-state index in [2.05, 4.69) is 25.1 Å². The maximum atomic E-state index is 12.6. The molecule has 2 heterocycles. The van der Waals surface area contributed by atoms with Gasteiger partial charge in [0.05, 0.1) is 4.90 Å². The van der Waals surface area contributed by atoms with Crippen LogP contribution in [0.25, 0.3) is 5.82 Å². The SMILES string of the molecule is CC(=O)c1cccc(S(=O)(=O)Nc2ccc(Nc3cc(-n4cccn4)ncn3)cc2)c1. The van der Waals surface area contributed by atoms with Crippen molar-refractivity contribution < 1.29 is 13.2 Å². The average molecular weight is 434 g/mol. The van der Waals surface area contributed by atoms with Crippen molar-refractivity contribution in [2.75, 3.05) is 10.0 Å². The van der Waals surface area contributed by atoms with Gasteiger partial charge >= 0.3 is 0 Å². The summed E-state index contributed by atoms with van der Waals surface area (Å²) in [4.78, 5) is 19.9. The topological polar surface area (TPSA) is 119 Å². The number of sulfonamides is 1. The number of benzene rings is 2. The second-order valence-electron chi connectivity index (χ2n) is 6.60. The number of ketones is 1. The quantitative estimate of drug-likeness (QED) is 0.428. The van der Waals surface area contributed by atoms with Crippen LogP contribution in [0, 0.1) is 0 Å². The number of aromatic nitrogens is 4. The first-order chi connectivity index (χ1) is 14.9. The van der Waals surface area contributed by atoms with Crippen LogP contribution in [0.15, 0.2) is 84.3 Å². The zero-order chi connectivity index (χ0) is 21.8. The van der Waals surface area contributed by atoms with Crippen LogP contribution in [-0.4, -0.2) is 33.9 Å². The van der Waals surface area contributed by atoms with Crippen molar-refractivity contribution >= 4 is 33.0 Å². The van der Waals surface area contributed by atoms with Crippen molar-refractivity contribution in [2.45, 2.75) is 11.8 Å². The third-order valence-corrected chi connectivity index (χ3v) is 5.73. The zero-order valence-corrected chi connectivity index (χ0v) is 17.2. The minimum atomic E-state index is -3.82. The first kappa shape index (κ1) is 20.2. The van der Waals surface area contributed by atoms with Crippen LogP contribution >= 0.6 is 0 Å². The predicted octanol–water partition coefficient (Wildman–Crippen LogP) is 3.41. The molecule has 156 valence electrons. The normalized spacial score (nSPS) is 11.1. The lowest BCUT2D eigenvalue weighted by molar-refractivity contribution is 0.101. The molecular weight excluding hydrogens is 416 g/mol. The van der Waals surface area contributed by atoms with Gasteiger partial charge in [-0.05, 0) is 49.4 Å². The molecule has 9 nitrogen and oxygen atoms in total. The van der Waals surface area contributed by atoms with Gasteiger partial charge in [0.2, 0.25) is 0 Å². The number of nitrogens with one attached hydrogen (secondary N) is 2. The number of hydrogen-bond acceptors (Lipinski definition) is 7. The number of carbonyl (C=O) groups excluding carboxylic acids is 1. The van der Waals surface area contributed by atoms with E-state index in [1.165, 1.54) is 31.5 Å². The molecular formula is C21H18N6O3S. The largest absolute Gasteiger partial charge is 0.340 e. The number of Topliss-reactive ketones (excluding diaryl/α,β-unsaturated/α-hetero) is 1. The predicted molar refractivity (Wildman–Crippen MR) is 116 cm³/mol. The monoisotopic (exact) mass is 434 g/mol. The molecule has 0 fully saturated rings. The third-order valence-electron chi connectivity index (χ3n) is 4.35. The molecule has 0 amide bonds. The van der Waals surface area contributed by atoms with Crippen LogP contribution in [0.3, 0.4) is 0 Å². The molecule has 0 radical (unpaired) electrons. The molecule has 0 aliphatic heterocycles. The molecule has 4 rings (SSSR count). The lowest BCUT2D eigenvalue weighted by Gasteiger charge is -2.11. The molecule has 4 aromatic rings. The molecule has 0 aliphatic rings. The van der Waals surface area contributed by atoms with E-state index < -0.39 is 10.0 Å². The second-order valence-corrected chi connectivity index (χ2v) is 8.29. The summed E-state index contributed by atoms with van der Waals surface area (Å²) in [5, 5.41) is 7.28. The molecule has 0 saturated heterocycles. The molecule has 10 heteroatoms. The van der Waals surface area contributed by atoms with E-state index in [-0.39, 0.29) is 10.7 Å². The molecule has 2 N–H and O–H groups in total. The minimum absolute atomic E-state index is 0.0227. The molecule has 31 heavy (non-hydrogen) atoms. The molecule has 0 atom stereocenters. The summed E-state index contributed by atoms with van der Waals surface area (Å²) >= 11 is 0. The van der Waals surface area contributed by atoms with Gasteiger partial charge in [-0.1, -0.05) is 12.1 Å². The lowest BCUT2D eigenvalue weighted by atomic mass is 10.2. The number of rotatable bonds is 7. The summed E-state index contributed by atoms with van der Waals surface area (Å²) in [6.45, 7) is 1.39. The highest BCUT2D eigenvalue weighted by Crippen LogP contribution is 2.21. The fourth-order valence-electron chi connectivity index (χ4n) is 2.81. The van der Waals surface area contributed by atoms with Crippen LogP contribution in [0.1, 0.15) is 17.3 Å². The summed E-state index contributed by atoms with van der Waals surface area (Å²) in [5.41, 5.74) is 1.44. The second kappa shape index (κ2) is 8.36. The zero-order valence-electron chi connectivity index (χ0n) is 16.4. The fourth-order valence-corrected chi connectivity index (χ4v) is 3.91. The summed E-state index contributed by atoms with van der Waals surface area (Å²) in [5.74, 6) is 0.975. The van der Waals surface area contributed by atoms with E-state index >= 15 is 0 Å². The van der Waals surface area contributed by atoms with Gasteiger partial charge in [-0.25, -0.2) is 23.1 Å². The number of nitrogens with zero attached hydrogens (tertiary/aromatic N) is 4. The Hall–Kier alpha value is -4.05. The van der Waals surface area contributed by atoms with Gasteiger partial charge in [-0.2, -0.15) is 5.10 Å². The smallest absolute Gasteiger partial charge is 0.261 e. The van der Waals surface area contributed by atoms with Gasteiger partial charge < -0.3 is 5.32 Å². The van der Waals surface area contributed by atoms with Crippen LogP contribution in [-0.2, 0) is 10.0 Å². The average Bonchev–Trinajstić information content (AvgIpc) is 3.30. The Morgan fingerprint density at radius 1 is 0.968 bits per heavy atom.